The fraction of sp³-hybridized carbons (Fsp3) is 0.154. The monoisotopic (exact) mass is 491 g/mol. The molecule has 0 spiro atoms. The van der Waals surface area contributed by atoms with Gasteiger partial charge in [-0.15, -0.1) is 0 Å². The Hall–Kier alpha value is -3.82. The number of pyridine rings is 1. The number of rotatable bonds is 4. The number of carbonyl (C=O) groups excluding carboxylic acids is 1. The number of amides is 1. The van der Waals surface area contributed by atoms with Gasteiger partial charge in [0.25, 0.3) is 5.91 Å². The molecular weight excluding hydrogens is 469 g/mol. The van der Waals surface area contributed by atoms with Crippen LogP contribution in [0.5, 0.6) is 0 Å². The second-order valence-electron chi connectivity index (χ2n) is 8.23. The number of nitrogens with one attached hydrogen (secondary N) is 1. The van der Waals surface area contributed by atoms with E-state index in [1.54, 1.807) is 12.3 Å². The van der Waals surface area contributed by atoms with Crippen LogP contribution >= 0.6 is 0 Å². The first-order valence-electron chi connectivity index (χ1n) is 11.0. The van der Waals surface area contributed by atoms with Crippen molar-refractivity contribution in [2.45, 2.75) is 6.92 Å². The molecule has 1 aliphatic rings. The Labute approximate surface area is 202 Å². The first-order valence-corrected chi connectivity index (χ1v) is 12.6. The maximum Gasteiger partial charge on any atom is 0.258 e. The van der Waals surface area contributed by atoms with Crippen molar-refractivity contribution in [3.05, 3.63) is 89.9 Å². The number of aryl methyl sites for hydroxylation is 1. The zero-order chi connectivity index (χ0) is 24.6. The molecule has 9 heteroatoms. The Morgan fingerprint density at radius 1 is 1.09 bits per heavy atom. The molecule has 0 unspecified atom stereocenters. The third kappa shape index (κ3) is 4.48. The van der Waals surface area contributed by atoms with Crippen LogP contribution in [0.4, 0.5) is 15.8 Å². The quantitative estimate of drug-likeness (QED) is 0.446. The number of nitrogens with zero attached hydrogens (tertiary/aromatic N) is 2. The fourth-order valence-electron chi connectivity index (χ4n) is 4.07. The van der Waals surface area contributed by atoms with Crippen molar-refractivity contribution in [3.8, 4) is 11.3 Å². The predicted octanol–water partition coefficient (Wildman–Crippen LogP) is 4.73. The minimum absolute atomic E-state index is 0.0919. The average molecular weight is 492 g/mol. The first-order chi connectivity index (χ1) is 16.8. The second-order valence-corrected chi connectivity index (χ2v) is 10.2. The van der Waals surface area contributed by atoms with Crippen LogP contribution in [-0.2, 0) is 14.8 Å². The number of benzene rings is 3. The summed E-state index contributed by atoms with van der Waals surface area (Å²) in [5.41, 5.74) is 3.02. The van der Waals surface area contributed by atoms with Crippen molar-refractivity contribution >= 4 is 38.1 Å². The van der Waals surface area contributed by atoms with Gasteiger partial charge in [-0.05, 0) is 54.3 Å². The highest BCUT2D eigenvalue weighted by Crippen LogP contribution is 2.31. The lowest BCUT2D eigenvalue weighted by Gasteiger charge is -2.28. The van der Waals surface area contributed by atoms with Crippen LogP contribution in [0.2, 0.25) is 0 Å². The molecule has 1 aromatic heterocycles. The van der Waals surface area contributed by atoms with E-state index in [0.29, 0.717) is 5.69 Å². The van der Waals surface area contributed by atoms with E-state index >= 15 is 0 Å². The standard InChI is InChI=1S/C26H22FN3O4S/c1-17-6-7-19(14-23(17)25-21-5-3-2-4-18(21)10-11-28-25)29-26(31)22-9-8-20(15-24(22)27)30-16-34-12-13-35(30,32)33/h2-11,14-15H,12-13,16H2,1H3,(H,29,31). The smallest absolute Gasteiger partial charge is 0.258 e. The SMILES string of the molecule is Cc1ccc(NC(=O)c2ccc(N3COCCS3(=O)=O)cc2F)cc1-c1nccc2ccccc12. The zero-order valence-electron chi connectivity index (χ0n) is 18.9. The summed E-state index contributed by atoms with van der Waals surface area (Å²) in [6.45, 7) is 1.86. The molecule has 178 valence electrons. The molecule has 7 nitrogen and oxygen atoms in total. The van der Waals surface area contributed by atoms with Gasteiger partial charge in [0.05, 0.1) is 29.3 Å². The van der Waals surface area contributed by atoms with Gasteiger partial charge in [-0.3, -0.25) is 9.78 Å². The molecule has 0 bridgehead atoms. The van der Waals surface area contributed by atoms with Crippen molar-refractivity contribution < 1.29 is 22.3 Å². The van der Waals surface area contributed by atoms with Gasteiger partial charge >= 0.3 is 0 Å². The van der Waals surface area contributed by atoms with Crippen LogP contribution in [0.3, 0.4) is 0 Å². The van der Waals surface area contributed by atoms with Gasteiger partial charge in [0.1, 0.15) is 12.5 Å². The Balaban J connectivity index is 1.43. The highest BCUT2D eigenvalue weighted by atomic mass is 32.2. The summed E-state index contributed by atoms with van der Waals surface area (Å²) in [4.78, 5) is 17.4. The lowest BCUT2D eigenvalue weighted by molar-refractivity contribution is 0.102. The third-order valence-electron chi connectivity index (χ3n) is 5.94. The minimum atomic E-state index is -3.59. The molecule has 1 fully saturated rings. The van der Waals surface area contributed by atoms with Gasteiger partial charge in [0.2, 0.25) is 10.0 Å². The van der Waals surface area contributed by atoms with E-state index in [1.807, 2.05) is 49.4 Å². The summed E-state index contributed by atoms with van der Waals surface area (Å²) >= 11 is 0. The Morgan fingerprint density at radius 2 is 1.91 bits per heavy atom. The largest absolute Gasteiger partial charge is 0.359 e. The Bertz CT molecular complexity index is 1550. The number of sulfonamides is 1. The Kier molecular flexibility index (Phi) is 5.96. The molecule has 1 aliphatic heterocycles. The number of aromatic nitrogens is 1. The summed E-state index contributed by atoms with van der Waals surface area (Å²) in [6, 6.07) is 19.0. The average Bonchev–Trinajstić information content (AvgIpc) is 2.84. The van der Waals surface area contributed by atoms with E-state index in [2.05, 4.69) is 10.3 Å². The van der Waals surface area contributed by atoms with E-state index in [-0.39, 0.29) is 30.3 Å². The van der Waals surface area contributed by atoms with Gasteiger partial charge < -0.3 is 10.1 Å². The molecule has 0 radical (unpaired) electrons. The molecule has 0 atom stereocenters. The van der Waals surface area contributed by atoms with Crippen LogP contribution in [-0.4, -0.2) is 38.4 Å². The summed E-state index contributed by atoms with van der Waals surface area (Å²) in [5, 5.41) is 4.77. The number of anilines is 2. The molecule has 1 N–H and O–H groups in total. The van der Waals surface area contributed by atoms with Crippen molar-refractivity contribution in [3.63, 3.8) is 0 Å². The zero-order valence-corrected chi connectivity index (χ0v) is 19.7. The van der Waals surface area contributed by atoms with Crippen molar-refractivity contribution in [1.29, 1.82) is 0 Å². The molecule has 5 rings (SSSR count). The lowest BCUT2D eigenvalue weighted by Crippen LogP contribution is -2.41. The summed E-state index contributed by atoms with van der Waals surface area (Å²) < 4.78 is 45.5. The maximum atomic E-state index is 14.9. The normalized spacial score (nSPS) is 15.2. The minimum Gasteiger partial charge on any atom is -0.359 e. The summed E-state index contributed by atoms with van der Waals surface area (Å²) in [5.74, 6) is -1.66. The molecule has 1 amide bonds. The van der Waals surface area contributed by atoms with Crippen molar-refractivity contribution in [2.24, 2.45) is 0 Å². The van der Waals surface area contributed by atoms with Crippen LogP contribution in [0.25, 0.3) is 22.0 Å². The summed E-state index contributed by atoms with van der Waals surface area (Å²) in [7, 11) is -3.59. The van der Waals surface area contributed by atoms with Crippen molar-refractivity contribution in [1.82, 2.24) is 4.98 Å². The molecule has 0 saturated carbocycles. The molecule has 35 heavy (non-hydrogen) atoms. The maximum absolute atomic E-state index is 14.9. The van der Waals surface area contributed by atoms with Crippen molar-refractivity contribution in [2.75, 3.05) is 28.7 Å². The molecule has 3 aromatic carbocycles. The molecule has 2 heterocycles. The van der Waals surface area contributed by atoms with Gasteiger partial charge in [-0.25, -0.2) is 17.1 Å². The highest BCUT2D eigenvalue weighted by molar-refractivity contribution is 7.92. The highest BCUT2D eigenvalue weighted by Gasteiger charge is 2.27. The molecular formula is C26H22FN3O4S. The number of ether oxygens (including phenoxy) is 1. The van der Waals surface area contributed by atoms with Gasteiger partial charge in [-0.1, -0.05) is 30.3 Å². The fourth-order valence-corrected chi connectivity index (χ4v) is 5.29. The van der Waals surface area contributed by atoms with Gasteiger partial charge in [0, 0.05) is 22.8 Å². The van der Waals surface area contributed by atoms with Crippen LogP contribution in [0, 0.1) is 12.7 Å². The molecule has 0 aliphatic carbocycles. The third-order valence-corrected chi connectivity index (χ3v) is 7.61. The van der Waals surface area contributed by atoms with E-state index < -0.39 is 21.7 Å². The van der Waals surface area contributed by atoms with Crippen LogP contribution in [0.15, 0.2) is 72.9 Å². The Morgan fingerprint density at radius 3 is 2.71 bits per heavy atom. The number of hydrogen-bond acceptors (Lipinski definition) is 5. The van der Waals surface area contributed by atoms with E-state index in [1.165, 1.54) is 12.1 Å². The second kappa shape index (κ2) is 9.09. The van der Waals surface area contributed by atoms with E-state index in [9.17, 15) is 17.6 Å². The molecule has 4 aromatic rings. The number of carbonyl (C=O) groups is 1. The number of fused-ring (bicyclic) bond motifs is 1. The van der Waals surface area contributed by atoms with Gasteiger partial charge in [0.15, 0.2) is 0 Å². The number of hydrogen-bond donors (Lipinski definition) is 1. The van der Waals surface area contributed by atoms with Crippen LogP contribution < -0.4 is 9.62 Å². The molecule has 1 saturated heterocycles. The van der Waals surface area contributed by atoms with Gasteiger partial charge in [-0.2, -0.15) is 0 Å². The number of halogens is 1. The lowest BCUT2D eigenvalue weighted by atomic mass is 9.99. The predicted molar refractivity (Wildman–Crippen MR) is 133 cm³/mol. The van der Waals surface area contributed by atoms with E-state index in [4.69, 9.17) is 4.74 Å². The first kappa shape index (κ1) is 22.9. The summed E-state index contributed by atoms with van der Waals surface area (Å²) in [6.07, 6.45) is 1.74. The van der Waals surface area contributed by atoms with Crippen LogP contribution in [0.1, 0.15) is 15.9 Å². The topological polar surface area (TPSA) is 88.6 Å². The van der Waals surface area contributed by atoms with E-state index in [0.717, 1.165) is 38.0 Å².